The maximum Gasteiger partial charge on any atom is 0.103 e. The molecule has 0 heterocycles. The molecule has 2 rings (SSSR count). The minimum absolute atomic E-state index is 0.346. The highest BCUT2D eigenvalue weighted by Crippen LogP contribution is 2.66. The third-order valence-corrected chi connectivity index (χ3v) is 6.65. The molecule has 0 saturated heterocycles. The zero-order chi connectivity index (χ0) is 15.0. The van der Waals surface area contributed by atoms with Crippen LogP contribution in [-0.2, 0) is 4.74 Å². The Kier molecular flexibility index (Phi) is 4.19. The van der Waals surface area contributed by atoms with Gasteiger partial charge >= 0.3 is 0 Å². The SMILES string of the molecule is CNC(C)(C#N)CCCOC1CC2CCC1(C)C2(C)C. The molecule has 0 aromatic heterocycles. The quantitative estimate of drug-likeness (QED) is 0.756. The highest BCUT2D eigenvalue weighted by atomic mass is 16.5. The number of fused-ring (bicyclic) bond motifs is 2. The van der Waals surface area contributed by atoms with Crippen LogP contribution in [0.5, 0.6) is 0 Å². The summed E-state index contributed by atoms with van der Waals surface area (Å²) in [6.07, 6.45) is 6.11. The van der Waals surface area contributed by atoms with Crippen LogP contribution in [-0.4, -0.2) is 25.3 Å². The number of hydrogen-bond donors (Lipinski definition) is 1. The number of rotatable bonds is 6. The van der Waals surface area contributed by atoms with Crippen molar-refractivity contribution in [1.82, 2.24) is 5.32 Å². The first-order valence-electron chi connectivity index (χ1n) is 8.01. The Morgan fingerprint density at radius 3 is 2.55 bits per heavy atom. The Labute approximate surface area is 124 Å². The number of nitrogens with zero attached hydrogens (tertiary/aromatic N) is 1. The summed E-state index contributed by atoms with van der Waals surface area (Å²) in [5.74, 6) is 0.833. The molecule has 3 nitrogen and oxygen atoms in total. The molecule has 0 amide bonds. The highest BCUT2D eigenvalue weighted by Gasteiger charge is 2.61. The second-order valence-corrected chi connectivity index (χ2v) is 7.77. The summed E-state index contributed by atoms with van der Waals surface area (Å²) < 4.78 is 6.22. The molecule has 1 N–H and O–H groups in total. The van der Waals surface area contributed by atoms with Crippen molar-refractivity contribution in [2.24, 2.45) is 16.7 Å². The lowest BCUT2D eigenvalue weighted by Crippen LogP contribution is -2.39. The van der Waals surface area contributed by atoms with Crippen molar-refractivity contribution in [3.8, 4) is 6.07 Å². The zero-order valence-corrected chi connectivity index (χ0v) is 13.8. The van der Waals surface area contributed by atoms with Crippen molar-refractivity contribution in [3.05, 3.63) is 0 Å². The second-order valence-electron chi connectivity index (χ2n) is 7.77. The lowest BCUT2D eigenvalue weighted by atomic mass is 9.70. The van der Waals surface area contributed by atoms with Crippen LogP contribution in [0, 0.1) is 28.1 Å². The Balaban J connectivity index is 1.81. The summed E-state index contributed by atoms with van der Waals surface area (Å²) in [4.78, 5) is 0. The summed E-state index contributed by atoms with van der Waals surface area (Å²) in [5, 5.41) is 12.2. The van der Waals surface area contributed by atoms with E-state index in [1.807, 2.05) is 14.0 Å². The third kappa shape index (κ3) is 2.38. The van der Waals surface area contributed by atoms with Gasteiger partial charge < -0.3 is 10.1 Å². The fourth-order valence-corrected chi connectivity index (χ4v) is 4.27. The van der Waals surface area contributed by atoms with E-state index in [4.69, 9.17) is 10.00 Å². The van der Waals surface area contributed by atoms with Crippen LogP contribution in [0.3, 0.4) is 0 Å². The predicted molar refractivity (Wildman–Crippen MR) is 81.3 cm³/mol. The van der Waals surface area contributed by atoms with E-state index >= 15 is 0 Å². The van der Waals surface area contributed by atoms with Gasteiger partial charge in [-0.1, -0.05) is 20.8 Å². The van der Waals surface area contributed by atoms with Crippen molar-refractivity contribution in [2.75, 3.05) is 13.7 Å². The largest absolute Gasteiger partial charge is 0.378 e. The monoisotopic (exact) mass is 278 g/mol. The molecule has 2 bridgehead atoms. The fourth-order valence-electron chi connectivity index (χ4n) is 4.27. The maximum absolute atomic E-state index is 9.14. The molecule has 114 valence electrons. The molecule has 4 unspecified atom stereocenters. The first kappa shape index (κ1) is 15.8. The number of nitrogens with one attached hydrogen (secondary N) is 1. The Bertz CT molecular complexity index is 400. The van der Waals surface area contributed by atoms with Gasteiger partial charge in [0.1, 0.15) is 5.54 Å². The first-order chi connectivity index (χ1) is 9.29. The molecular weight excluding hydrogens is 248 g/mol. The van der Waals surface area contributed by atoms with Crippen LogP contribution >= 0.6 is 0 Å². The van der Waals surface area contributed by atoms with Crippen molar-refractivity contribution < 1.29 is 4.74 Å². The molecule has 2 saturated carbocycles. The molecule has 2 fully saturated rings. The molecule has 4 atom stereocenters. The topological polar surface area (TPSA) is 45.0 Å². The van der Waals surface area contributed by atoms with Gasteiger partial charge in [-0.3, -0.25) is 0 Å². The summed E-state index contributed by atoms with van der Waals surface area (Å²) in [5.41, 5.74) is 0.351. The molecule has 2 aliphatic carbocycles. The summed E-state index contributed by atoms with van der Waals surface area (Å²) >= 11 is 0. The normalized spacial score (nSPS) is 37.6. The van der Waals surface area contributed by atoms with E-state index < -0.39 is 5.54 Å². The third-order valence-electron chi connectivity index (χ3n) is 6.65. The second kappa shape index (κ2) is 5.31. The number of ether oxygens (including phenoxy) is 1. The summed E-state index contributed by atoms with van der Waals surface area (Å²) in [6, 6.07) is 2.34. The van der Waals surface area contributed by atoms with Gasteiger partial charge in [-0.05, 0) is 62.8 Å². The van der Waals surface area contributed by atoms with Crippen LogP contribution in [0.2, 0.25) is 0 Å². The van der Waals surface area contributed by atoms with E-state index in [2.05, 4.69) is 32.2 Å². The van der Waals surface area contributed by atoms with Crippen LogP contribution in [0.1, 0.15) is 59.8 Å². The van der Waals surface area contributed by atoms with Gasteiger partial charge in [0, 0.05) is 6.61 Å². The maximum atomic E-state index is 9.14. The first-order valence-corrected chi connectivity index (χ1v) is 8.01. The van der Waals surface area contributed by atoms with Gasteiger partial charge in [-0.15, -0.1) is 0 Å². The molecule has 0 spiro atoms. The van der Waals surface area contributed by atoms with E-state index in [1.54, 1.807) is 0 Å². The average molecular weight is 278 g/mol. The molecule has 2 aliphatic rings. The zero-order valence-electron chi connectivity index (χ0n) is 13.8. The van der Waals surface area contributed by atoms with Crippen molar-refractivity contribution >= 4 is 0 Å². The smallest absolute Gasteiger partial charge is 0.103 e. The molecule has 0 radical (unpaired) electrons. The van der Waals surface area contributed by atoms with Gasteiger partial charge in [-0.2, -0.15) is 5.26 Å². The van der Waals surface area contributed by atoms with E-state index in [0.29, 0.717) is 16.9 Å². The molecule has 0 aromatic rings. The molecular formula is C17H30N2O. The lowest BCUT2D eigenvalue weighted by Gasteiger charge is -2.39. The molecule has 3 heteroatoms. The minimum atomic E-state index is -0.415. The summed E-state index contributed by atoms with van der Waals surface area (Å²) in [7, 11) is 1.85. The Morgan fingerprint density at radius 1 is 1.40 bits per heavy atom. The van der Waals surface area contributed by atoms with Crippen LogP contribution in [0.25, 0.3) is 0 Å². The van der Waals surface area contributed by atoms with Gasteiger partial charge in [-0.25, -0.2) is 0 Å². The van der Waals surface area contributed by atoms with Gasteiger partial charge in [0.2, 0.25) is 0 Å². The Hall–Kier alpha value is -0.590. The van der Waals surface area contributed by atoms with Crippen LogP contribution < -0.4 is 5.32 Å². The standard InChI is InChI=1S/C17H30N2O/c1-15(2)13-7-9-17(15,4)14(11-13)20-10-6-8-16(3,12-18)19-5/h13-14,19H,6-11H2,1-5H3. The van der Waals surface area contributed by atoms with Crippen molar-refractivity contribution in [2.45, 2.75) is 71.4 Å². The molecule has 0 aromatic carbocycles. The van der Waals surface area contributed by atoms with Gasteiger partial charge in [0.15, 0.2) is 0 Å². The van der Waals surface area contributed by atoms with E-state index in [-0.39, 0.29) is 0 Å². The fraction of sp³-hybridized carbons (Fsp3) is 0.941. The van der Waals surface area contributed by atoms with Gasteiger partial charge in [0.25, 0.3) is 0 Å². The van der Waals surface area contributed by atoms with Gasteiger partial charge in [0.05, 0.1) is 12.2 Å². The highest BCUT2D eigenvalue weighted by molar-refractivity contribution is 5.11. The predicted octanol–water partition coefficient (Wildman–Crippen LogP) is 3.50. The lowest BCUT2D eigenvalue weighted by molar-refractivity contribution is -0.0481. The number of hydrogen-bond acceptors (Lipinski definition) is 3. The van der Waals surface area contributed by atoms with Crippen LogP contribution in [0.15, 0.2) is 0 Å². The molecule has 0 aliphatic heterocycles. The molecule has 20 heavy (non-hydrogen) atoms. The van der Waals surface area contributed by atoms with E-state index in [1.165, 1.54) is 19.3 Å². The average Bonchev–Trinajstić information content (AvgIpc) is 2.76. The van der Waals surface area contributed by atoms with Crippen molar-refractivity contribution in [1.29, 1.82) is 5.26 Å². The number of nitriles is 1. The van der Waals surface area contributed by atoms with E-state index in [0.717, 1.165) is 25.4 Å². The van der Waals surface area contributed by atoms with Crippen molar-refractivity contribution in [3.63, 3.8) is 0 Å². The summed E-state index contributed by atoms with van der Waals surface area (Å²) in [6.45, 7) is 9.98. The van der Waals surface area contributed by atoms with E-state index in [9.17, 15) is 0 Å². The Morgan fingerprint density at radius 2 is 2.10 bits per heavy atom. The van der Waals surface area contributed by atoms with Crippen LogP contribution in [0.4, 0.5) is 0 Å². The minimum Gasteiger partial charge on any atom is -0.378 e.